The first-order valence-corrected chi connectivity index (χ1v) is 12.2. The largest absolute Gasteiger partial charge is 0.507 e. The maximum absolute atomic E-state index is 13.3. The highest BCUT2D eigenvalue weighted by atomic mass is 16.3. The Bertz CT molecular complexity index is 930. The Morgan fingerprint density at radius 3 is 2.68 bits per heavy atom. The SMILES string of the molecule is CC12CCC(O)CC1=CCC1C2CCC2(C)C(C(=O)/C=C/c3ccccc3O)CCC12. The van der Waals surface area contributed by atoms with Crippen molar-refractivity contribution in [1.82, 2.24) is 0 Å². The number of carbonyl (C=O) groups is 1. The number of hydrogen-bond donors (Lipinski definition) is 2. The van der Waals surface area contributed by atoms with E-state index in [2.05, 4.69) is 19.9 Å². The predicted octanol–water partition coefficient (Wildman–Crippen LogP) is 5.91. The molecular weight excluding hydrogens is 384 g/mol. The van der Waals surface area contributed by atoms with Crippen molar-refractivity contribution in [2.75, 3.05) is 0 Å². The Kier molecular flexibility index (Phi) is 5.16. The van der Waals surface area contributed by atoms with Crippen LogP contribution in [0.25, 0.3) is 6.08 Å². The van der Waals surface area contributed by atoms with Gasteiger partial charge in [0.15, 0.2) is 5.78 Å². The van der Waals surface area contributed by atoms with Gasteiger partial charge in [-0.15, -0.1) is 0 Å². The summed E-state index contributed by atoms with van der Waals surface area (Å²) in [4.78, 5) is 13.3. The Morgan fingerprint density at radius 1 is 1.06 bits per heavy atom. The number of allylic oxidation sites excluding steroid dienone is 2. The van der Waals surface area contributed by atoms with Crippen LogP contribution < -0.4 is 0 Å². The standard InChI is InChI=1S/C28H36O3/c1-27-15-13-20(29)17-19(27)8-9-21-22-10-11-24(28(22,2)16-14-23(21)27)26(31)12-7-18-5-3-4-6-25(18)30/h3-8,12,20-24,29-30H,9-11,13-17H2,1-2H3/b12-7+. The molecule has 31 heavy (non-hydrogen) atoms. The number of aliphatic hydroxyl groups is 1. The Morgan fingerprint density at radius 2 is 1.87 bits per heavy atom. The maximum atomic E-state index is 13.3. The zero-order valence-corrected chi connectivity index (χ0v) is 18.9. The first-order chi connectivity index (χ1) is 14.8. The molecule has 0 heterocycles. The van der Waals surface area contributed by atoms with Crippen molar-refractivity contribution in [3.8, 4) is 5.75 Å². The van der Waals surface area contributed by atoms with Crippen LogP contribution in [0, 0.1) is 34.5 Å². The van der Waals surface area contributed by atoms with Gasteiger partial charge in [-0.2, -0.15) is 0 Å². The van der Waals surface area contributed by atoms with Gasteiger partial charge >= 0.3 is 0 Å². The van der Waals surface area contributed by atoms with E-state index in [1.165, 1.54) is 12.0 Å². The molecule has 1 aromatic rings. The van der Waals surface area contributed by atoms with Gasteiger partial charge in [-0.3, -0.25) is 4.79 Å². The molecule has 3 saturated carbocycles. The molecule has 7 unspecified atom stereocenters. The number of hydrogen-bond acceptors (Lipinski definition) is 3. The van der Waals surface area contributed by atoms with E-state index in [9.17, 15) is 15.0 Å². The molecule has 3 heteroatoms. The summed E-state index contributed by atoms with van der Waals surface area (Å²) >= 11 is 0. The van der Waals surface area contributed by atoms with E-state index < -0.39 is 0 Å². The molecule has 5 rings (SSSR count). The van der Waals surface area contributed by atoms with Gasteiger partial charge in [0.1, 0.15) is 5.75 Å². The molecule has 0 radical (unpaired) electrons. The first kappa shape index (κ1) is 21.0. The van der Waals surface area contributed by atoms with Crippen LogP contribution >= 0.6 is 0 Å². The third kappa shape index (κ3) is 3.31. The maximum Gasteiger partial charge on any atom is 0.159 e. The minimum Gasteiger partial charge on any atom is -0.507 e. The van der Waals surface area contributed by atoms with Crippen LogP contribution in [-0.4, -0.2) is 22.1 Å². The normalized spacial score (nSPS) is 41.9. The van der Waals surface area contributed by atoms with Crippen molar-refractivity contribution in [3.63, 3.8) is 0 Å². The number of phenols is 1. The Labute approximate surface area is 186 Å². The fourth-order valence-corrected chi connectivity index (χ4v) is 8.03. The van der Waals surface area contributed by atoms with Crippen LogP contribution in [0.15, 0.2) is 42.0 Å². The summed E-state index contributed by atoms with van der Waals surface area (Å²) in [6.07, 6.45) is 14.3. The molecule has 2 N–H and O–H groups in total. The number of carbonyl (C=O) groups excluding carboxylic acids is 1. The van der Waals surface area contributed by atoms with Gasteiger partial charge in [0.25, 0.3) is 0 Å². The van der Waals surface area contributed by atoms with E-state index in [0.717, 1.165) is 44.9 Å². The third-order valence-corrected chi connectivity index (χ3v) is 9.79. The van der Waals surface area contributed by atoms with Gasteiger partial charge in [0, 0.05) is 11.5 Å². The molecule has 1 aromatic carbocycles. The molecule has 0 saturated heterocycles. The molecule has 0 amide bonds. The lowest BCUT2D eigenvalue weighted by molar-refractivity contribution is -0.124. The minimum absolute atomic E-state index is 0.0806. The molecule has 166 valence electrons. The smallest absolute Gasteiger partial charge is 0.159 e. The van der Waals surface area contributed by atoms with E-state index in [4.69, 9.17) is 0 Å². The van der Waals surface area contributed by atoms with E-state index in [1.807, 2.05) is 12.1 Å². The van der Waals surface area contributed by atoms with E-state index in [0.29, 0.717) is 23.3 Å². The predicted molar refractivity (Wildman–Crippen MR) is 123 cm³/mol. The Balaban J connectivity index is 1.37. The lowest BCUT2D eigenvalue weighted by Crippen LogP contribution is -2.50. The van der Waals surface area contributed by atoms with E-state index in [-0.39, 0.29) is 34.4 Å². The average Bonchev–Trinajstić information content (AvgIpc) is 3.11. The summed E-state index contributed by atoms with van der Waals surface area (Å²) in [6.45, 7) is 4.83. The molecule has 3 nitrogen and oxygen atoms in total. The molecule has 4 aliphatic carbocycles. The van der Waals surface area contributed by atoms with Gasteiger partial charge in [0.05, 0.1) is 6.10 Å². The number of ketones is 1. The topological polar surface area (TPSA) is 57.5 Å². The number of aromatic hydroxyl groups is 1. The lowest BCUT2D eigenvalue weighted by Gasteiger charge is -2.57. The highest BCUT2D eigenvalue weighted by molar-refractivity contribution is 5.96. The highest BCUT2D eigenvalue weighted by Gasteiger charge is 2.59. The molecule has 0 aliphatic heterocycles. The highest BCUT2D eigenvalue weighted by Crippen LogP contribution is 2.66. The second-order valence-corrected chi connectivity index (χ2v) is 11.1. The number of rotatable bonds is 3. The minimum atomic E-state index is -0.158. The number of phenolic OH excluding ortho intramolecular Hbond substituents is 1. The summed E-state index contributed by atoms with van der Waals surface area (Å²) in [5.74, 6) is 2.52. The van der Waals surface area contributed by atoms with Gasteiger partial charge in [-0.1, -0.05) is 43.7 Å². The molecule has 4 aliphatic rings. The van der Waals surface area contributed by atoms with Crippen molar-refractivity contribution in [2.24, 2.45) is 34.5 Å². The second kappa shape index (κ2) is 7.62. The van der Waals surface area contributed by atoms with Crippen LogP contribution in [0.4, 0.5) is 0 Å². The van der Waals surface area contributed by atoms with Crippen molar-refractivity contribution in [2.45, 2.75) is 71.3 Å². The number of fused-ring (bicyclic) bond motifs is 5. The van der Waals surface area contributed by atoms with Crippen LogP contribution in [-0.2, 0) is 4.79 Å². The van der Waals surface area contributed by atoms with Crippen molar-refractivity contribution >= 4 is 11.9 Å². The van der Waals surface area contributed by atoms with Crippen LogP contribution in [0.3, 0.4) is 0 Å². The summed E-state index contributed by atoms with van der Waals surface area (Å²) in [6, 6.07) is 7.19. The summed E-state index contributed by atoms with van der Waals surface area (Å²) in [5, 5.41) is 20.2. The van der Waals surface area contributed by atoms with Crippen molar-refractivity contribution in [1.29, 1.82) is 0 Å². The first-order valence-electron chi connectivity index (χ1n) is 12.2. The Hall–Kier alpha value is -1.87. The van der Waals surface area contributed by atoms with Crippen molar-refractivity contribution in [3.05, 3.63) is 47.6 Å². The zero-order chi connectivity index (χ0) is 21.8. The van der Waals surface area contributed by atoms with Crippen LogP contribution in [0.2, 0.25) is 0 Å². The quantitative estimate of drug-likeness (QED) is 0.472. The lowest BCUT2D eigenvalue weighted by atomic mass is 9.47. The van der Waals surface area contributed by atoms with Crippen LogP contribution in [0.1, 0.15) is 70.8 Å². The summed E-state index contributed by atoms with van der Waals surface area (Å²) < 4.78 is 0. The molecular formula is C28H36O3. The summed E-state index contributed by atoms with van der Waals surface area (Å²) in [5.41, 5.74) is 2.54. The van der Waals surface area contributed by atoms with Crippen LogP contribution in [0.5, 0.6) is 5.75 Å². The van der Waals surface area contributed by atoms with Gasteiger partial charge in [-0.25, -0.2) is 0 Å². The second-order valence-electron chi connectivity index (χ2n) is 11.1. The average molecular weight is 421 g/mol. The number of aliphatic hydroxyl groups excluding tert-OH is 1. The molecule has 0 spiro atoms. The fourth-order valence-electron chi connectivity index (χ4n) is 8.03. The zero-order valence-electron chi connectivity index (χ0n) is 18.9. The van der Waals surface area contributed by atoms with Gasteiger partial charge in [0.2, 0.25) is 0 Å². The molecule has 0 bridgehead atoms. The van der Waals surface area contributed by atoms with Gasteiger partial charge < -0.3 is 10.2 Å². The van der Waals surface area contributed by atoms with Gasteiger partial charge in [-0.05, 0) is 98.2 Å². The molecule has 3 fully saturated rings. The monoisotopic (exact) mass is 420 g/mol. The van der Waals surface area contributed by atoms with E-state index in [1.54, 1.807) is 24.3 Å². The number of benzene rings is 1. The van der Waals surface area contributed by atoms with Crippen molar-refractivity contribution < 1.29 is 15.0 Å². The van der Waals surface area contributed by atoms with E-state index >= 15 is 0 Å². The molecule has 7 atom stereocenters. The number of para-hydroxylation sites is 1. The summed E-state index contributed by atoms with van der Waals surface area (Å²) in [7, 11) is 0. The third-order valence-electron chi connectivity index (χ3n) is 9.79. The fraction of sp³-hybridized carbons (Fsp3) is 0.607. The molecule has 0 aromatic heterocycles.